The first kappa shape index (κ1) is 26.3. The van der Waals surface area contributed by atoms with Crippen molar-refractivity contribution in [3.05, 3.63) is 41.0 Å². The van der Waals surface area contributed by atoms with Crippen LogP contribution in [0.1, 0.15) is 51.7 Å². The summed E-state index contributed by atoms with van der Waals surface area (Å²) in [5.74, 6) is -0.999. The van der Waals surface area contributed by atoms with Crippen molar-refractivity contribution in [2.24, 2.45) is 5.41 Å². The molecule has 0 heterocycles. The molecule has 7 heteroatoms. The molecule has 0 aromatic heterocycles. The molecule has 0 amide bonds. The van der Waals surface area contributed by atoms with Gasteiger partial charge in [0.1, 0.15) is 25.0 Å². The third-order valence-corrected chi connectivity index (χ3v) is 4.98. The van der Waals surface area contributed by atoms with Crippen molar-refractivity contribution in [2.75, 3.05) is 27.1 Å². The highest BCUT2D eigenvalue weighted by atomic mass is 16.7. The molecule has 0 bridgehead atoms. The van der Waals surface area contributed by atoms with Crippen molar-refractivity contribution in [3.8, 4) is 6.07 Å². The maximum atomic E-state index is 12.1. The van der Waals surface area contributed by atoms with Crippen molar-refractivity contribution in [3.63, 3.8) is 0 Å². The number of hydrogen-bond donors (Lipinski definition) is 0. The van der Waals surface area contributed by atoms with E-state index in [0.29, 0.717) is 12.8 Å². The van der Waals surface area contributed by atoms with Gasteiger partial charge in [-0.15, -0.1) is 0 Å². The van der Waals surface area contributed by atoms with Crippen LogP contribution < -0.4 is 0 Å². The van der Waals surface area contributed by atoms with Crippen LogP contribution in [0.15, 0.2) is 29.8 Å². The number of ether oxygens (including phenoxy) is 4. The van der Waals surface area contributed by atoms with Gasteiger partial charge in [0.2, 0.25) is 0 Å². The van der Waals surface area contributed by atoms with Gasteiger partial charge in [-0.2, -0.15) is 5.26 Å². The highest BCUT2D eigenvalue weighted by molar-refractivity contribution is 5.97. The lowest BCUT2D eigenvalue weighted by atomic mass is 9.80. The lowest BCUT2D eigenvalue weighted by Crippen LogP contribution is -2.39. The second kappa shape index (κ2) is 12.2. The second-order valence-electron chi connectivity index (χ2n) is 8.24. The largest absolute Gasteiger partial charge is 0.469 e. The number of nitriles is 1. The van der Waals surface area contributed by atoms with Gasteiger partial charge in [0.05, 0.1) is 24.7 Å². The van der Waals surface area contributed by atoms with Crippen molar-refractivity contribution >= 4 is 18.0 Å². The van der Waals surface area contributed by atoms with Gasteiger partial charge in [-0.25, -0.2) is 4.79 Å². The van der Waals surface area contributed by atoms with Gasteiger partial charge >= 0.3 is 11.9 Å². The first-order valence-corrected chi connectivity index (χ1v) is 10.2. The van der Waals surface area contributed by atoms with E-state index in [1.807, 2.05) is 65.0 Å². The maximum absolute atomic E-state index is 12.1. The summed E-state index contributed by atoms with van der Waals surface area (Å²) in [6.45, 7) is 9.57. The molecule has 1 unspecified atom stereocenters. The third kappa shape index (κ3) is 8.91. The number of benzene rings is 1. The Morgan fingerprint density at radius 3 is 2.32 bits per heavy atom. The van der Waals surface area contributed by atoms with Gasteiger partial charge in [0.25, 0.3) is 0 Å². The van der Waals surface area contributed by atoms with E-state index in [-0.39, 0.29) is 31.5 Å². The summed E-state index contributed by atoms with van der Waals surface area (Å²) in [6, 6.07) is 9.31. The summed E-state index contributed by atoms with van der Waals surface area (Å²) in [5.41, 5.74) is 0.498. The molecule has 0 N–H and O–H groups in total. The zero-order valence-electron chi connectivity index (χ0n) is 19.3. The predicted octanol–water partition coefficient (Wildman–Crippen LogP) is 4.19. The predicted molar refractivity (Wildman–Crippen MR) is 117 cm³/mol. The monoisotopic (exact) mass is 431 g/mol. The van der Waals surface area contributed by atoms with Crippen LogP contribution in [0.4, 0.5) is 0 Å². The molecule has 170 valence electrons. The molecule has 0 saturated carbocycles. The Hall–Kier alpha value is -2.69. The zero-order chi connectivity index (χ0) is 23.5. The average Bonchev–Trinajstić information content (AvgIpc) is 2.74. The summed E-state index contributed by atoms with van der Waals surface area (Å²) in [7, 11) is 1.37. The molecule has 1 atom stereocenters. The maximum Gasteiger partial charge on any atom is 0.348 e. The lowest BCUT2D eigenvalue weighted by molar-refractivity contribution is -0.171. The van der Waals surface area contributed by atoms with Gasteiger partial charge in [-0.05, 0) is 52.2 Å². The molecule has 0 aliphatic carbocycles. The number of nitrogens with zero attached hydrogens (tertiary/aromatic N) is 1. The highest BCUT2D eigenvalue weighted by Crippen LogP contribution is 2.33. The van der Waals surface area contributed by atoms with Gasteiger partial charge in [-0.1, -0.05) is 36.8 Å². The minimum absolute atomic E-state index is 0.00833. The van der Waals surface area contributed by atoms with E-state index in [4.69, 9.17) is 18.9 Å². The van der Waals surface area contributed by atoms with Crippen molar-refractivity contribution in [1.29, 1.82) is 5.26 Å². The minimum atomic E-state index is -0.703. The van der Waals surface area contributed by atoms with Crippen molar-refractivity contribution in [2.45, 2.75) is 53.1 Å². The molecule has 0 aliphatic rings. The standard InChI is InChI=1S/C24H33NO6/c1-7-24(5,16-23(3,4)22(27)28-6)31-17-29-12-13-30-21(26)20(15-25)14-19-10-8-18(2)9-11-19/h8-11,14H,7,12-13,16-17H2,1-6H3. The van der Waals surface area contributed by atoms with E-state index in [2.05, 4.69) is 0 Å². The highest BCUT2D eigenvalue weighted by Gasteiger charge is 2.38. The molecule has 0 radical (unpaired) electrons. The first-order chi connectivity index (χ1) is 14.6. The van der Waals surface area contributed by atoms with Crippen LogP contribution in [0, 0.1) is 23.7 Å². The topological polar surface area (TPSA) is 94.8 Å². The number of methoxy groups -OCH3 is 1. The molecular weight excluding hydrogens is 398 g/mol. The Bertz CT molecular complexity index is 806. The summed E-state index contributed by atoms with van der Waals surface area (Å²) in [4.78, 5) is 24.0. The fraction of sp³-hybridized carbons (Fsp3) is 0.542. The van der Waals surface area contributed by atoms with E-state index in [1.165, 1.54) is 13.2 Å². The molecule has 1 aromatic carbocycles. The molecule has 0 saturated heterocycles. The first-order valence-electron chi connectivity index (χ1n) is 10.2. The summed E-state index contributed by atoms with van der Waals surface area (Å²) in [6.07, 6.45) is 2.64. The molecule has 0 spiro atoms. The number of esters is 2. The third-order valence-electron chi connectivity index (χ3n) is 4.98. The Labute approximate surface area is 184 Å². The average molecular weight is 432 g/mol. The zero-order valence-corrected chi connectivity index (χ0v) is 19.3. The number of carbonyl (C=O) groups excluding carboxylic acids is 2. The molecule has 1 aromatic rings. The smallest absolute Gasteiger partial charge is 0.348 e. The molecule has 0 aliphatic heterocycles. The Morgan fingerprint density at radius 1 is 1.13 bits per heavy atom. The van der Waals surface area contributed by atoms with Crippen LogP contribution in [0.2, 0.25) is 0 Å². The molecule has 31 heavy (non-hydrogen) atoms. The lowest BCUT2D eigenvalue weighted by Gasteiger charge is -2.35. The van der Waals surface area contributed by atoms with Gasteiger partial charge in [-0.3, -0.25) is 4.79 Å². The van der Waals surface area contributed by atoms with Crippen LogP contribution in [-0.2, 0) is 28.5 Å². The van der Waals surface area contributed by atoms with Crippen LogP contribution >= 0.6 is 0 Å². The minimum Gasteiger partial charge on any atom is -0.469 e. The van der Waals surface area contributed by atoms with Gasteiger partial charge < -0.3 is 18.9 Å². The Morgan fingerprint density at radius 2 is 1.77 bits per heavy atom. The van der Waals surface area contributed by atoms with Crippen molar-refractivity contribution < 1.29 is 28.5 Å². The van der Waals surface area contributed by atoms with Crippen LogP contribution in [-0.4, -0.2) is 44.7 Å². The SMILES string of the molecule is CCC(C)(CC(C)(C)C(=O)OC)OCOCCOC(=O)C(C#N)=Cc1ccc(C)cc1. The van der Waals surface area contributed by atoms with Gasteiger partial charge in [0.15, 0.2) is 0 Å². The normalized spacial score (nSPS) is 13.8. The van der Waals surface area contributed by atoms with Crippen LogP contribution in [0.25, 0.3) is 6.08 Å². The fourth-order valence-electron chi connectivity index (χ4n) is 3.04. The van der Waals surface area contributed by atoms with E-state index < -0.39 is 17.0 Å². The number of carbonyl (C=O) groups is 2. The van der Waals surface area contributed by atoms with Crippen LogP contribution in [0.5, 0.6) is 0 Å². The quantitative estimate of drug-likeness (QED) is 0.161. The van der Waals surface area contributed by atoms with E-state index >= 15 is 0 Å². The van der Waals surface area contributed by atoms with Crippen molar-refractivity contribution in [1.82, 2.24) is 0 Å². The van der Waals surface area contributed by atoms with E-state index in [0.717, 1.165) is 11.1 Å². The second-order valence-corrected chi connectivity index (χ2v) is 8.24. The van der Waals surface area contributed by atoms with Crippen LogP contribution in [0.3, 0.4) is 0 Å². The Balaban J connectivity index is 2.44. The number of aryl methyl sites for hydroxylation is 1. The molecule has 7 nitrogen and oxygen atoms in total. The Kier molecular flexibility index (Phi) is 10.4. The number of rotatable bonds is 12. The summed E-state index contributed by atoms with van der Waals surface area (Å²) in [5, 5.41) is 9.22. The van der Waals surface area contributed by atoms with E-state index in [1.54, 1.807) is 0 Å². The van der Waals surface area contributed by atoms with Gasteiger partial charge in [0, 0.05) is 0 Å². The molecule has 0 fully saturated rings. The summed E-state index contributed by atoms with van der Waals surface area (Å²) < 4.78 is 21.2. The number of hydrogen-bond acceptors (Lipinski definition) is 7. The molecular formula is C24H33NO6. The van der Waals surface area contributed by atoms with E-state index in [9.17, 15) is 14.9 Å². The molecule has 1 rings (SSSR count). The fourth-order valence-corrected chi connectivity index (χ4v) is 3.04. The summed E-state index contributed by atoms with van der Waals surface area (Å²) >= 11 is 0.